The van der Waals surface area contributed by atoms with Crippen LogP contribution in [0.15, 0.2) is 36.5 Å². The summed E-state index contributed by atoms with van der Waals surface area (Å²) < 4.78 is 50.6. The second kappa shape index (κ2) is 11.9. The van der Waals surface area contributed by atoms with Gasteiger partial charge in [0.15, 0.2) is 17.4 Å². The van der Waals surface area contributed by atoms with E-state index < -0.39 is 11.6 Å². The first kappa shape index (κ1) is 27.4. The van der Waals surface area contributed by atoms with E-state index in [0.717, 1.165) is 50.8 Å². The molecule has 0 atom stereocenters. The van der Waals surface area contributed by atoms with Crippen molar-refractivity contribution < 1.29 is 17.9 Å². The molecule has 0 amide bonds. The number of aromatic nitrogens is 2. The Kier molecular flexibility index (Phi) is 8.37. The van der Waals surface area contributed by atoms with Crippen molar-refractivity contribution in [3.05, 3.63) is 70.9 Å². The van der Waals surface area contributed by atoms with Crippen LogP contribution < -0.4 is 15.0 Å². The Morgan fingerprint density at radius 3 is 2.54 bits per heavy atom. The van der Waals surface area contributed by atoms with Gasteiger partial charge in [-0.05, 0) is 82.1 Å². The molecule has 39 heavy (non-hydrogen) atoms. The van der Waals surface area contributed by atoms with Crippen LogP contribution in [-0.4, -0.2) is 67.3 Å². The summed E-state index contributed by atoms with van der Waals surface area (Å²) in [5.74, 6) is -0.716. The van der Waals surface area contributed by atoms with Gasteiger partial charge in [-0.3, -0.25) is 0 Å². The molecule has 2 aliphatic heterocycles. The van der Waals surface area contributed by atoms with Gasteiger partial charge in [-0.1, -0.05) is 12.1 Å². The number of fused-ring (bicyclic) bond motifs is 1. The van der Waals surface area contributed by atoms with Crippen LogP contribution in [0.1, 0.15) is 49.6 Å². The van der Waals surface area contributed by atoms with Crippen molar-refractivity contribution in [2.45, 2.75) is 45.1 Å². The van der Waals surface area contributed by atoms with Crippen molar-refractivity contribution in [1.29, 1.82) is 0 Å². The van der Waals surface area contributed by atoms with Gasteiger partial charge in [-0.2, -0.15) is 0 Å². The number of hydrogen-bond acceptors (Lipinski definition) is 6. The molecule has 1 saturated heterocycles. The van der Waals surface area contributed by atoms with Crippen LogP contribution in [0.3, 0.4) is 0 Å². The van der Waals surface area contributed by atoms with Crippen LogP contribution in [0.5, 0.6) is 5.75 Å². The number of halogens is 3. The number of piperidine rings is 1. The van der Waals surface area contributed by atoms with E-state index in [9.17, 15) is 8.78 Å². The number of hydrogen-bond donors (Lipinski definition) is 1. The highest BCUT2D eigenvalue weighted by Gasteiger charge is 2.26. The Bertz CT molecular complexity index is 1310. The predicted molar refractivity (Wildman–Crippen MR) is 147 cm³/mol. The molecule has 2 aromatic carbocycles. The van der Waals surface area contributed by atoms with E-state index in [-0.39, 0.29) is 35.6 Å². The maximum atomic E-state index is 15.2. The van der Waals surface area contributed by atoms with E-state index in [4.69, 9.17) is 4.74 Å². The lowest BCUT2D eigenvalue weighted by Crippen LogP contribution is -2.38. The summed E-state index contributed by atoms with van der Waals surface area (Å²) in [6, 6.07) is 8.38. The Labute approximate surface area is 228 Å². The van der Waals surface area contributed by atoms with Crippen LogP contribution in [0.4, 0.5) is 18.9 Å². The van der Waals surface area contributed by atoms with E-state index >= 15 is 4.39 Å². The predicted octanol–water partition coefficient (Wildman–Crippen LogP) is 5.16. The Hall–Kier alpha value is -3.17. The zero-order valence-electron chi connectivity index (χ0n) is 22.8. The van der Waals surface area contributed by atoms with Gasteiger partial charge in [0, 0.05) is 31.1 Å². The molecule has 0 saturated carbocycles. The molecule has 1 N–H and O–H groups in total. The summed E-state index contributed by atoms with van der Waals surface area (Å²) in [7, 11) is 1.95. The molecule has 2 aliphatic rings. The molecule has 1 aromatic heterocycles. The summed E-state index contributed by atoms with van der Waals surface area (Å²) in [6.45, 7) is 8.91. The zero-order chi connectivity index (χ0) is 27.5. The van der Waals surface area contributed by atoms with Crippen LogP contribution in [0, 0.1) is 17.5 Å². The van der Waals surface area contributed by atoms with Crippen molar-refractivity contribution in [3.63, 3.8) is 0 Å². The van der Waals surface area contributed by atoms with Crippen molar-refractivity contribution in [2.24, 2.45) is 0 Å². The number of likely N-dealkylation sites (N-methyl/N-ethyl adjacent to an activating group) is 1. The van der Waals surface area contributed by atoms with Gasteiger partial charge in [-0.15, -0.1) is 0 Å². The summed E-state index contributed by atoms with van der Waals surface area (Å²) >= 11 is 0. The Balaban J connectivity index is 1.34. The number of nitrogens with one attached hydrogen (secondary N) is 1. The van der Waals surface area contributed by atoms with Crippen LogP contribution in [-0.2, 0) is 6.42 Å². The van der Waals surface area contributed by atoms with Crippen LogP contribution >= 0.6 is 0 Å². The highest BCUT2D eigenvalue weighted by Crippen LogP contribution is 2.39. The lowest BCUT2D eigenvalue weighted by atomic mass is 9.88. The normalized spacial score (nSPS) is 16.4. The van der Waals surface area contributed by atoms with E-state index in [1.165, 1.54) is 12.1 Å². The van der Waals surface area contributed by atoms with E-state index in [1.54, 1.807) is 6.07 Å². The fraction of sp³-hybridized carbons (Fsp3) is 0.467. The topological polar surface area (TPSA) is 53.5 Å². The van der Waals surface area contributed by atoms with Crippen LogP contribution in [0.2, 0.25) is 0 Å². The average Bonchev–Trinajstić information content (AvgIpc) is 2.93. The van der Waals surface area contributed by atoms with Crippen molar-refractivity contribution >= 4 is 5.69 Å². The molecule has 3 aromatic rings. The first-order valence-electron chi connectivity index (χ1n) is 13.7. The Morgan fingerprint density at radius 1 is 1.03 bits per heavy atom. The smallest absolute Gasteiger partial charge is 0.178 e. The van der Waals surface area contributed by atoms with Crippen molar-refractivity contribution in [3.8, 4) is 17.0 Å². The number of likely N-dealkylation sites (tertiary alicyclic amines) is 1. The van der Waals surface area contributed by atoms with E-state index in [1.807, 2.05) is 37.9 Å². The molecule has 0 spiro atoms. The quantitative estimate of drug-likeness (QED) is 0.427. The molecule has 5 rings (SSSR count). The molecule has 0 aliphatic carbocycles. The van der Waals surface area contributed by atoms with Crippen LogP contribution in [0.25, 0.3) is 11.3 Å². The highest BCUT2D eigenvalue weighted by atomic mass is 19.1. The fourth-order valence-corrected chi connectivity index (χ4v) is 5.60. The SMILES string of the molecule is CNCCN1CCC(c2ccc(Cc3ncc(F)c(-c4cc(F)c5c(c4)N(C(C)C)CCO5)n3)cc2F)CC1. The first-order chi connectivity index (χ1) is 18.8. The lowest BCUT2D eigenvalue weighted by molar-refractivity contribution is 0.212. The van der Waals surface area contributed by atoms with E-state index in [0.29, 0.717) is 35.8 Å². The molecule has 9 heteroatoms. The van der Waals surface area contributed by atoms with Gasteiger partial charge in [0.2, 0.25) is 0 Å². The Morgan fingerprint density at radius 2 is 1.82 bits per heavy atom. The summed E-state index contributed by atoms with van der Waals surface area (Å²) in [5, 5.41) is 3.17. The lowest BCUT2D eigenvalue weighted by Gasteiger charge is -2.34. The molecule has 208 valence electrons. The van der Waals surface area contributed by atoms with Gasteiger partial charge < -0.3 is 19.9 Å². The number of nitrogens with zero attached hydrogens (tertiary/aromatic N) is 4. The highest BCUT2D eigenvalue weighted by molar-refractivity contribution is 5.72. The van der Waals surface area contributed by atoms with Gasteiger partial charge >= 0.3 is 0 Å². The minimum absolute atomic E-state index is 0.0121. The first-order valence-corrected chi connectivity index (χ1v) is 13.7. The zero-order valence-corrected chi connectivity index (χ0v) is 22.8. The van der Waals surface area contributed by atoms with Crippen molar-refractivity contribution in [2.75, 3.05) is 51.3 Å². The molecule has 0 bridgehead atoms. The third-order valence-electron chi connectivity index (χ3n) is 7.74. The molecular weight excluding hydrogens is 503 g/mol. The molecular formula is C30H36F3N5O. The van der Waals surface area contributed by atoms with Crippen molar-refractivity contribution in [1.82, 2.24) is 20.2 Å². The molecule has 1 fully saturated rings. The number of ether oxygens (including phenoxy) is 1. The minimum Gasteiger partial charge on any atom is -0.486 e. The molecule has 3 heterocycles. The summed E-state index contributed by atoms with van der Waals surface area (Å²) in [6.07, 6.45) is 3.20. The minimum atomic E-state index is -0.645. The maximum Gasteiger partial charge on any atom is 0.178 e. The second-order valence-electron chi connectivity index (χ2n) is 10.7. The second-order valence-corrected chi connectivity index (χ2v) is 10.7. The number of anilines is 1. The summed E-state index contributed by atoms with van der Waals surface area (Å²) in [5.41, 5.74) is 2.35. The van der Waals surface area contributed by atoms with Gasteiger partial charge in [0.1, 0.15) is 23.9 Å². The average molecular weight is 540 g/mol. The number of benzene rings is 2. The molecule has 0 unspecified atom stereocenters. The third kappa shape index (κ3) is 6.04. The monoisotopic (exact) mass is 539 g/mol. The van der Waals surface area contributed by atoms with Gasteiger partial charge in [-0.25, -0.2) is 23.1 Å². The molecule has 6 nitrogen and oxygen atoms in total. The fourth-order valence-electron chi connectivity index (χ4n) is 5.60. The largest absolute Gasteiger partial charge is 0.486 e. The third-order valence-corrected chi connectivity index (χ3v) is 7.74. The maximum absolute atomic E-state index is 15.2. The van der Waals surface area contributed by atoms with Gasteiger partial charge in [0.05, 0.1) is 18.4 Å². The molecule has 0 radical (unpaired) electrons. The van der Waals surface area contributed by atoms with Gasteiger partial charge in [0.25, 0.3) is 0 Å². The standard InChI is InChI=1S/C30H36F3N5O/c1-19(2)38-12-13-39-30-25(32)16-22(17-27(30)38)29-26(33)18-35-28(36-29)15-20-4-5-23(24(31)14-20)21-6-9-37(10-7-21)11-8-34-3/h4-5,14,16-19,21,34H,6-13,15H2,1-3H3. The number of rotatable bonds is 8. The van der Waals surface area contributed by atoms with E-state index in [2.05, 4.69) is 20.2 Å². The summed E-state index contributed by atoms with van der Waals surface area (Å²) in [4.78, 5) is 13.0.